The van der Waals surface area contributed by atoms with Gasteiger partial charge in [-0.05, 0) is 41.0 Å². The Labute approximate surface area is 114 Å². The van der Waals surface area contributed by atoms with E-state index in [9.17, 15) is 9.59 Å². The number of hydrogen-bond acceptors (Lipinski definition) is 4. The number of esters is 1. The normalized spacial score (nSPS) is 23.1. The van der Waals surface area contributed by atoms with Gasteiger partial charge in [-0.2, -0.15) is 0 Å². The van der Waals surface area contributed by atoms with Gasteiger partial charge in [0.2, 0.25) is 0 Å². The van der Waals surface area contributed by atoms with E-state index in [1.165, 1.54) is 4.90 Å². The quantitative estimate of drug-likeness (QED) is 0.723. The molecule has 0 unspecified atom stereocenters. The van der Waals surface area contributed by atoms with Gasteiger partial charge in [0.25, 0.3) is 0 Å². The van der Waals surface area contributed by atoms with E-state index in [1.807, 2.05) is 20.8 Å². The molecule has 0 saturated carbocycles. The number of carbonyl (C=O) groups excluding carboxylic acids is 2. The van der Waals surface area contributed by atoms with Crippen LogP contribution in [0.4, 0.5) is 4.79 Å². The number of nitrogens with zero attached hydrogens (tertiary/aromatic N) is 1. The van der Waals surface area contributed by atoms with E-state index in [-0.39, 0.29) is 12.5 Å². The van der Waals surface area contributed by atoms with Crippen molar-refractivity contribution < 1.29 is 19.1 Å². The molecule has 0 aliphatic carbocycles. The van der Waals surface area contributed by atoms with Gasteiger partial charge in [0.15, 0.2) is 0 Å². The predicted octanol–water partition coefficient (Wildman–Crippen LogP) is 2.71. The van der Waals surface area contributed by atoms with Gasteiger partial charge in [-0.1, -0.05) is 6.08 Å². The highest BCUT2D eigenvalue weighted by molar-refractivity contribution is 5.79. The standard InChI is InChI=1S/C14H23NO4/c1-6-18-11(16)14(5)8-7-9-15(10-14)12(17)19-13(2,3)4/h7,9H,6,8,10H2,1-5H3/t14-/m0/s1. The minimum atomic E-state index is -0.707. The molecule has 0 bridgehead atoms. The molecule has 0 aromatic carbocycles. The van der Waals surface area contributed by atoms with Gasteiger partial charge in [-0.15, -0.1) is 0 Å². The Morgan fingerprint density at radius 3 is 2.53 bits per heavy atom. The third kappa shape index (κ3) is 4.26. The lowest BCUT2D eigenvalue weighted by atomic mass is 9.84. The fraction of sp³-hybridized carbons (Fsp3) is 0.714. The average molecular weight is 269 g/mol. The van der Waals surface area contributed by atoms with E-state index in [4.69, 9.17) is 9.47 Å². The molecule has 0 fully saturated rings. The van der Waals surface area contributed by atoms with Crippen molar-refractivity contribution in [1.82, 2.24) is 4.90 Å². The Bertz CT molecular complexity index is 383. The summed E-state index contributed by atoms with van der Waals surface area (Å²) in [7, 11) is 0. The summed E-state index contributed by atoms with van der Waals surface area (Å²) < 4.78 is 10.4. The Morgan fingerprint density at radius 1 is 1.37 bits per heavy atom. The third-order valence-corrected chi connectivity index (χ3v) is 2.77. The topological polar surface area (TPSA) is 55.8 Å². The molecular weight excluding hydrogens is 246 g/mol. The molecule has 1 aliphatic rings. The van der Waals surface area contributed by atoms with Gasteiger partial charge in [0.05, 0.1) is 12.0 Å². The molecule has 108 valence electrons. The van der Waals surface area contributed by atoms with Gasteiger partial charge in [0, 0.05) is 12.7 Å². The number of allylic oxidation sites excluding steroid dienone is 1. The molecular formula is C14H23NO4. The fourth-order valence-electron chi connectivity index (χ4n) is 1.83. The van der Waals surface area contributed by atoms with Crippen LogP contribution in [0.25, 0.3) is 0 Å². The summed E-state index contributed by atoms with van der Waals surface area (Å²) in [6.07, 6.45) is 3.57. The van der Waals surface area contributed by atoms with Crippen LogP contribution in [0.1, 0.15) is 41.0 Å². The number of hydrogen-bond donors (Lipinski definition) is 0. The van der Waals surface area contributed by atoms with E-state index >= 15 is 0 Å². The molecule has 0 aromatic heterocycles. The summed E-state index contributed by atoms with van der Waals surface area (Å²) in [5, 5.41) is 0. The first-order chi connectivity index (χ1) is 8.68. The van der Waals surface area contributed by atoms with E-state index in [1.54, 1.807) is 26.1 Å². The third-order valence-electron chi connectivity index (χ3n) is 2.77. The lowest BCUT2D eigenvalue weighted by Crippen LogP contribution is -2.46. The van der Waals surface area contributed by atoms with Crippen LogP contribution in [-0.4, -0.2) is 35.7 Å². The lowest BCUT2D eigenvalue weighted by molar-refractivity contribution is -0.155. The molecule has 0 saturated heterocycles. The number of rotatable bonds is 2. The van der Waals surface area contributed by atoms with Gasteiger partial charge in [-0.3, -0.25) is 9.69 Å². The average Bonchev–Trinajstić information content (AvgIpc) is 2.27. The van der Waals surface area contributed by atoms with Crippen molar-refractivity contribution in [3.8, 4) is 0 Å². The maximum atomic E-state index is 12.0. The van der Waals surface area contributed by atoms with Crippen molar-refractivity contribution in [3.05, 3.63) is 12.3 Å². The molecule has 5 nitrogen and oxygen atoms in total. The molecule has 5 heteroatoms. The molecule has 1 heterocycles. The van der Waals surface area contributed by atoms with Crippen molar-refractivity contribution in [3.63, 3.8) is 0 Å². The molecule has 1 amide bonds. The largest absolute Gasteiger partial charge is 0.466 e. The second-order valence-corrected chi connectivity index (χ2v) is 5.98. The maximum absolute atomic E-state index is 12.0. The van der Waals surface area contributed by atoms with E-state index in [2.05, 4.69) is 0 Å². The van der Waals surface area contributed by atoms with E-state index in [0.29, 0.717) is 13.0 Å². The predicted molar refractivity (Wildman–Crippen MR) is 71.4 cm³/mol. The summed E-state index contributed by atoms with van der Waals surface area (Å²) in [4.78, 5) is 25.3. The van der Waals surface area contributed by atoms with Gasteiger partial charge < -0.3 is 9.47 Å². The van der Waals surface area contributed by atoms with E-state index in [0.717, 1.165) is 0 Å². The number of carbonyl (C=O) groups is 2. The Hall–Kier alpha value is -1.52. The summed E-state index contributed by atoms with van der Waals surface area (Å²) in [5.74, 6) is -0.284. The zero-order valence-corrected chi connectivity index (χ0v) is 12.4. The first-order valence-electron chi connectivity index (χ1n) is 6.51. The van der Waals surface area contributed by atoms with Crippen molar-refractivity contribution >= 4 is 12.1 Å². The highest BCUT2D eigenvalue weighted by Gasteiger charge is 2.39. The molecule has 1 atom stereocenters. The zero-order chi connectivity index (χ0) is 14.7. The second kappa shape index (κ2) is 5.63. The molecule has 0 N–H and O–H groups in total. The minimum Gasteiger partial charge on any atom is -0.466 e. The van der Waals surface area contributed by atoms with Crippen LogP contribution in [0.15, 0.2) is 12.3 Å². The second-order valence-electron chi connectivity index (χ2n) is 5.98. The lowest BCUT2D eigenvalue weighted by Gasteiger charge is -2.35. The van der Waals surface area contributed by atoms with Gasteiger partial charge in [0.1, 0.15) is 5.60 Å². The monoisotopic (exact) mass is 269 g/mol. The van der Waals surface area contributed by atoms with Crippen LogP contribution >= 0.6 is 0 Å². The van der Waals surface area contributed by atoms with Crippen molar-refractivity contribution in [1.29, 1.82) is 0 Å². The zero-order valence-electron chi connectivity index (χ0n) is 12.4. The molecule has 0 aromatic rings. The summed E-state index contributed by atoms with van der Waals surface area (Å²) >= 11 is 0. The van der Waals surface area contributed by atoms with Crippen LogP contribution in [0.3, 0.4) is 0 Å². The summed E-state index contributed by atoms with van der Waals surface area (Å²) in [6, 6.07) is 0. The maximum Gasteiger partial charge on any atom is 0.414 e. The fourth-order valence-corrected chi connectivity index (χ4v) is 1.83. The Kier molecular flexibility index (Phi) is 4.61. The van der Waals surface area contributed by atoms with Crippen LogP contribution in [-0.2, 0) is 14.3 Å². The SMILES string of the molecule is CCOC(=O)[C@@]1(C)CC=CN(C(=O)OC(C)(C)C)C1. The van der Waals surface area contributed by atoms with Crippen molar-refractivity contribution in [2.24, 2.45) is 5.41 Å². The molecule has 0 spiro atoms. The van der Waals surface area contributed by atoms with Gasteiger partial charge >= 0.3 is 12.1 Å². The van der Waals surface area contributed by atoms with Crippen LogP contribution < -0.4 is 0 Å². The van der Waals surface area contributed by atoms with Crippen molar-refractivity contribution in [2.45, 2.75) is 46.6 Å². The summed E-state index contributed by atoms with van der Waals surface area (Å²) in [5.41, 5.74) is -1.26. The highest BCUT2D eigenvalue weighted by Crippen LogP contribution is 2.30. The molecule has 19 heavy (non-hydrogen) atoms. The van der Waals surface area contributed by atoms with Crippen LogP contribution in [0.2, 0.25) is 0 Å². The van der Waals surface area contributed by atoms with Gasteiger partial charge in [-0.25, -0.2) is 4.79 Å². The Morgan fingerprint density at radius 2 is 2.00 bits per heavy atom. The minimum absolute atomic E-state index is 0.275. The molecule has 0 radical (unpaired) electrons. The van der Waals surface area contributed by atoms with Crippen molar-refractivity contribution in [2.75, 3.05) is 13.2 Å². The molecule has 1 rings (SSSR count). The van der Waals surface area contributed by atoms with Crippen LogP contribution in [0.5, 0.6) is 0 Å². The Balaban J connectivity index is 2.74. The van der Waals surface area contributed by atoms with E-state index < -0.39 is 17.1 Å². The first kappa shape index (κ1) is 15.5. The number of ether oxygens (including phenoxy) is 2. The molecule has 1 aliphatic heterocycles. The first-order valence-corrected chi connectivity index (χ1v) is 6.51. The highest BCUT2D eigenvalue weighted by atomic mass is 16.6. The number of amides is 1. The smallest absolute Gasteiger partial charge is 0.414 e. The summed E-state index contributed by atoms with van der Waals surface area (Å²) in [6.45, 7) is 9.61. The van der Waals surface area contributed by atoms with Crippen LogP contribution in [0, 0.1) is 5.41 Å².